The van der Waals surface area contributed by atoms with Gasteiger partial charge in [-0.1, -0.05) is 54.6 Å². The van der Waals surface area contributed by atoms with Gasteiger partial charge in [0.15, 0.2) is 5.82 Å². The largest absolute Gasteiger partial charge is 0.417 e. The molecule has 0 spiro atoms. The summed E-state index contributed by atoms with van der Waals surface area (Å²) < 4.78 is 40.0. The Kier molecular flexibility index (Phi) is 7.55. The number of aryl methyl sites for hydroxylation is 1. The van der Waals surface area contributed by atoms with Crippen LogP contribution < -0.4 is 5.32 Å². The second-order valence-electron chi connectivity index (χ2n) is 6.47. The molecule has 1 aromatic carbocycles. The highest BCUT2D eigenvalue weighted by molar-refractivity contribution is 14.1. The lowest BCUT2D eigenvalue weighted by Gasteiger charge is -2.14. The van der Waals surface area contributed by atoms with Crippen molar-refractivity contribution in [1.29, 1.82) is 0 Å². The second-order valence-corrected chi connectivity index (χ2v) is 6.47. The van der Waals surface area contributed by atoms with E-state index >= 15 is 0 Å². The Morgan fingerprint density at radius 1 is 1.03 bits per heavy atom. The van der Waals surface area contributed by atoms with Crippen LogP contribution in [0, 0.1) is 13.8 Å². The molecule has 0 aliphatic heterocycles. The van der Waals surface area contributed by atoms with Crippen LogP contribution >= 0.6 is 22.6 Å². The van der Waals surface area contributed by atoms with Crippen molar-refractivity contribution in [2.45, 2.75) is 39.8 Å². The Morgan fingerprint density at radius 2 is 1.69 bits per heavy atom. The van der Waals surface area contributed by atoms with E-state index in [1.54, 1.807) is 13.8 Å². The van der Waals surface area contributed by atoms with E-state index in [1.807, 2.05) is 18.8 Å². The number of rotatable bonds is 4. The summed E-state index contributed by atoms with van der Waals surface area (Å²) in [5.74, 6) is 1.52. The number of nitrogens with one attached hydrogen (secondary N) is 2. The van der Waals surface area contributed by atoms with Crippen molar-refractivity contribution < 1.29 is 13.2 Å². The molecular formula is C19H22F3IN6. The quantitative estimate of drug-likeness (QED) is 0.337. The minimum Gasteiger partial charge on any atom is -0.307 e. The molecule has 2 heterocycles. The summed E-state index contributed by atoms with van der Waals surface area (Å²) in [7, 11) is 0. The van der Waals surface area contributed by atoms with Crippen LogP contribution in [0.25, 0.3) is 11.4 Å². The summed E-state index contributed by atoms with van der Waals surface area (Å²) >= 11 is 2.15. The van der Waals surface area contributed by atoms with Gasteiger partial charge < -0.3 is 5.32 Å². The van der Waals surface area contributed by atoms with Crippen molar-refractivity contribution in [3.05, 3.63) is 46.9 Å². The number of hydrogen-bond donors (Lipinski definition) is 2. The van der Waals surface area contributed by atoms with Crippen LogP contribution in [0.1, 0.15) is 42.4 Å². The predicted octanol–water partition coefficient (Wildman–Crippen LogP) is 5.82. The van der Waals surface area contributed by atoms with Gasteiger partial charge in [0.2, 0.25) is 5.95 Å². The molecule has 0 unspecified atom stereocenters. The first kappa shape index (κ1) is 23.0. The Bertz CT molecular complexity index is 969. The highest BCUT2D eigenvalue weighted by Gasteiger charge is 2.34. The van der Waals surface area contributed by atoms with E-state index in [0.717, 1.165) is 6.07 Å². The average Bonchev–Trinajstić information content (AvgIpc) is 3.15. The van der Waals surface area contributed by atoms with Crippen LogP contribution in [0.5, 0.6) is 0 Å². The lowest BCUT2D eigenvalue weighted by atomic mass is 10.1. The first-order valence-corrected chi connectivity index (χ1v) is 10.9. The lowest BCUT2D eigenvalue weighted by Crippen LogP contribution is -2.10. The topological polar surface area (TPSA) is 79.4 Å². The number of nitrogens with zero attached hydrogens (tertiary/aromatic N) is 4. The van der Waals surface area contributed by atoms with Gasteiger partial charge >= 0.3 is 6.18 Å². The van der Waals surface area contributed by atoms with E-state index in [0.29, 0.717) is 28.8 Å². The SMILES string of the molecule is CI.Cc1nc(-c2ccccc2C(F)(F)F)nc(Nc2n[nH]c(C(C)C)n2)c1C. The number of aromatic nitrogens is 5. The molecule has 0 amide bonds. The van der Waals surface area contributed by atoms with E-state index in [2.05, 4.69) is 53.1 Å². The van der Waals surface area contributed by atoms with Gasteiger partial charge in [0.25, 0.3) is 0 Å². The summed E-state index contributed by atoms with van der Waals surface area (Å²) in [5.41, 5.74) is 0.423. The van der Waals surface area contributed by atoms with Crippen LogP contribution in [-0.2, 0) is 6.18 Å². The molecular weight excluding hydrogens is 496 g/mol. The third-order valence-corrected chi connectivity index (χ3v) is 4.14. The zero-order valence-electron chi connectivity index (χ0n) is 16.7. The maximum Gasteiger partial charge on any atom is 0.417 e. The zero-order valence-corrected chi connectivity index (χ0v) is 18.8. The maximum absolute atomic E-state index is 13.3. The third kappa shape index (κ3) is 5.43. The Labute approximate surface area is 180 Å². The third-order valence-electron chi connectivity index (χ3n) is 4.14. The van der Waals surface area contributed by atoms with Gasteiger partial charge in [0, 0.05) is 22.7 Å². The van der Waals surface area contributed by atoms with Crippen molar-refractivity contribution in [2.24, 2.45) is 0 Å². The van der Waals surface area contributed by atoms with Crippen LogP contribution in [0.4, 0.5) is 24.9 Å². The van der Waals surface area contributed by atoms with Crippen LogP contribution in [-0.4, -0.2) is 30.1 Å². The number of hydrogen-bond acceptors (Lipinski definition) is 5. The molecule has 0 saturated carbocycles. The number of alkyl halides is 4. The summed E-state index contributed by atoms with van der Waals surface area (Å²) in [5, 5.41) is 9.86. The number of anilines is 2. The fraction of sp³-hybridized carbons (Fsp3) is 0.368. The molecule has 0 aliphatic rings. The first-order valence-electron chi connectivity index (χ1n) is 8.75. The molecule has 0 radical (unpaired) electrons. The monoisotopic (exact) mass is 518 g/mol. The van der Waals surface area contributed by atoms with Gasteiger partial charge in [0.1, 0.15) is 11.6 Å². The van der Waals surface area contributed by atoms with Crippen molar-refractivity contribution in [3.63, 3.8) is 0 Å². The maximum atomic E-state index is 13.3. The number of aromatic amines is 1. The van der Waals surface area contributed by atoms with Crippen molar-refractivity contribution in [2.75, 3.05) is 10.2 Å². The van der Waals surface area contributed by atoms with Gasteiger partial charge in [-0.2, -0.15) is 18.2 Å². The minimum absolute atomic E-state index is 0.00635. The highest BCUT2D eigenvalue weighted by Crippen LogP contribution is 2.36. The zero-order chi connectivity index (χ0) is 21.8. The van der Waals surface area contributed by atoms with Gasteiger partial charge in [-0.05, 0) is 24.8 Å². The summed E-state index contributed by atoms with van der Waals surface area (Å²) in [4.78, 5) is 14.9. The standard InChI is InChI=1S/C18H19F3N6.CH3I/c1-9(2)14-24-17(27-26-14)25-15-10(3)11(4)22-16(23-15)12-7-5-6-8-13(12)18(19,20)21;1-2/h5-9H,1-4H3,(H2,22,23,24,25,26,27);1H3. The fourth-order valence-electron chi connectivity index (χ4n) is 2.49. The predicted molar refractivity (Wildman–Crippen MR) is 116 cm³/mol. The van der Waals surface area contributed by atoms with E-state index in [-0.39, 0.29) is 17.3 Å². The molecule has 2 N–H and O–H groups in total. The summed E-state index contributed by atoms with van der Waals surface area (Å²) in [6, 6.07) is 5.25. The molecule has 6 nitrogen and oxygen atoms in total. The first-order chi connectivity index (χ1) is 13.7. The summed E-state index contributed by atoms with van der Waals surface area (Å²) in [6.45, 7) is 7.44. The molecule has 3 rings (SSSR count). The molecule has 3 aromatic rings. The van der Waals surface area contributed by atoms with Crippen molar-refractivity contribution in [3.8, 4) is 11.4 Å². The Hall–Kier alpha value is -2.24. The fourth-order valence-corrected chi connectivity index (χ4v) is 2.49. The molecule has 0 bridgehead atoms. The number of halogens is 4. The van der Waals surface area contributed by atoms with Gasteiger partial charge in [-0.3, -0.25) is 5.10 Å². The molecule has 0 aliphatic carbocycles. The van der Waals surface area contributed by atoms with Crippen molar-refractivity contribution >= 4 is 34.4 Å². The van der Waals surface area contributed by atoms with Gasteiger partial charge in [0.05, 0.1) is 5.56 Å². The smallest absolute Gasteiger partial charge is 0.307 e. The molecule has 29 heavy (non-hydrogen) atoms. The van der Waals surface area contributed by atoms with E-state index in [9.17, 15) is 13.2 Å². The van der Waals surface area contributed by atoms with Crippen LogP contribution in [0.3, 0.4) is 0 Å². The normalized spacial score (nSPS) is 11.2. The van der Waals surface area contributed by atoms with Crippen LogP contribution in [0.15, 0.2) is 24.3 Å². The highest BCUT2D eigenvalue weighted by atomic mass is 127. The molecule has 0 atom stereocenters. The molecule has 0 saturated heterocycles. The molecule has 156 valence electrons. The summed E-state index contributed by atoms with van der Waals surface area (Å²) in [6.07, 6.45) is -4.50. The Morgan fingerprint density at radius 3 is 2.28 bits per heavy atom. The van der Waals surface area contributed by atoms with E-state index in [4.69, 9.17) is 0 Å². The number of benzene rings is 1. The number of H-pyrrole nitrogens is 1. The molecule has 0 fully saturated rings. The van der Waals surface area contributed by atoms with Crippen LogP contribution in [0.2, 0.25) is 0 Å². The minimum atomic E-state index is -4.50. The van der Waals surface area contributed by atoms with Crippen molar-refractivity contribution in [1.82, 2.24) is 25.1 Å². The van der Waals surface area contributed by atoms with E-state index in [1.165, 1.54) is 18.2 Å². The lowest BCUT2D eigenvalue weighted by molar-refractivity contribution is -0.137. The Balaban J connectivity index is 0.00000145. The van der Waals surface area contributed by atoms with Gasteiger partial charge in [-0.25, -0.2) is 9.97 Å². The van der Waals surface area contributed by atoms with Gasteiger partial charge in [-0.15, -0.1) is 5.10 Å². The molecule has 10 heteroatoms. The average molecular weight is 518 g/mol. The second kappa shape index (κ2) is 9.51. The molecule has 2 aromatic heterocycles. The van der Waals surface area contributed by atoms with E-state index < -0.39 is 11.7 Å².